The van der Waals surface area contributed by atoms with Gasteiger partial charge in [0.2, 0.25) is 0 Å². The Balaban J connectivity index is 2.26. The standard InChI is InChI=1S/C15H10F2O/c16-12-7-4-8-13(17)15(12)14(18)10-9-11-5-2-1-3-6-11/h1-10H. The first-order valence-electron chi connectivity index (χ1n) is 5.40. The van der Waals surface area contributed by atoms with Crippen molar-refractivity contribution in [1.82, 2.24) is 0 Å². The fourth-order valence-corrected chi connectivity index (χ4v) is 1.55. The second kappa shape index (κ2) is 5.36. The van der Waals surface area contributed by atoms with Gasteiger partial charge >= 0.3 is 0 Å². The number of hydrogen-bond donors (Lipinski definition) is 0. The van der Waals surface area contributed by atoms with Crippen LogP contribution in [0.4, 0.5) is 8.78 Å². The van der Waals surface area contributed by atoms with Crippen LogP contribution < -0.4 is 0 Å². The van der Waals surface area contributed by atoms with E-state index in [1.807, 2.05) is 18.2 Å². The van der Waals surface area contributed by atoms with Crippen LogP contribution in [0.2, 0.25) is 0 Å². The minimum Gasteiger partial charge on any atom is -0.289 e. The molecule has 0 N–H and O–H groups in total. The summed E-state index contributed by atoms with van der Waals surface area (Å²) in [4.78, 5) is 11.7. The van der Waals surface area contributed by atoms with Crippen molar-refractivity contribution in [3.63, 3.8) is 0 Å². The van der Waals surface area contributed by atoms with Crippen molar-refractivity contribution < 1.29 is 13.6 Å². The first-order chi connectivity index (χ1) is 8.68. The van der Waals surface area contributed by atoms with E-state index < -0.39 is 23.0 Å². The van der Waals surface area contributed by atoms with E-state index in [1.165, 1.54) is 12.1 Å². The van der Waals surface area contributed by atoms with Crippen LogP contribution in [-0.4, -0.2) is 5.78 Å². The molecule has 3 heteroatoms. The molecule has 0 unspecified atom stereocenters. The van der Waals surface area contributed by atoms with Gasteiger partial charge in [-0.25, -0.2) is 8.78 Å². The lowest BCUT2D eigenvalue weighted by atomic mass is 10.1. The van der Waals surface area contributed by atoms with Crippen LogP contribution in [0.3, 0.4) is 0 Å². The largest absolute Gasteiger partial charge is 0.289 e. The minimum absolute atomic E-state index is 0.523. The maximum Gasteiger partial charge on any atom is 0.191 e. The predicted molar refractivity (Wildman–Crippen MR) is 66.2 cm³/mol. The van der Waals surface area contributed by atoms with Crippen LogP contribution in [0.1, 0.15) is 15.9 Å². The smallest absolute Gasteiger partial charge is 0.191 e. The molecule has 0 aliphatic rings. The van der Waals surface area contributed by atoms with Crippen molar-refractivity contribution in [2.45, 2.75) is 0 Å². The molecule has 0 saturated heterocycles. The van der Waals surface area contributed by atoms with E-state index in [9.17, 15) is 13.6 Å². The molecule has 0 aliphatic heterocycles. The van der Waals surface area contributed by atoms with Crippen LogP contribution in [0.25, 0.3) is 6.08 Å². The summed E-state index contributed by atoms with van der Waals surface area (Å²) in [5.41, 5.74) is 0.271. The Hall–Kier alpha value is -2.29. The van der Waals surface area contributed by atoms with Gasteiger partial charge in [-0.3, -0.25) is 4.79 Å². The third-order valence-corrected chi connectivity index (χ3v) is 2.44. The Kier molecular flexibility index (Phi) is 3.63. The summed E-state index contributed by atoms with van der Waals surface area (Å²) in [5.74, 6) is -2.38. The number of rotatable bonds is 3. The maximum absolute atomic E-state index is 13.3. The zero-order valence-corrected chi connectivity index (χ0v) is 9.44. The summed E-state index contributed by atoms with van der Waals surface area (Å²) in [6.45, 7) is 0. The molecule has 18 heavy (non-hydrogen) atoms. The van der Waals surface area contributed by atoms with Gasteiger partial charge in [-0.1, -0.05) is 42.5 Å². The van der Waals surface area contributed by atoms with Gasteiger partial charge in [0.25, 0.3) is 0 Å². The molecule has 0 radical (unpaired) electrons. The quantitative estimate of drug-likeness (QED) is 0.592. The third-order valence-electron chi connectivity index (χ3n) is 2.44. The van der Waals surface area contributed by atoms with Crippen LogP contribution in [0, 0.1) is 11.6 Å². The van der Waals surface area contributed by atoms with Gasteiger partial charge in [-0.05, 0) is 23.8 Å². The first-order valence-corrected chi connectivity index (χ1v) is 5.40. The van der Waals surface area contributed by atoms with Crippen LogP contribution >= 0.6 is 0 Å². The number of benzene rings is 2. The lowest BCUT2D eigenvalue weighted by molar-refractivity contribution is 0.104. The molecular formula is C15H10F2O. The molecule has 2 aromatic rings. The molecule has 1 nitrogen and oxygen atoms in total. The second-order valence-corrected chi connectivity index (χ2v) is 3.70. The molecule has 0 amide bonds. The highest BCUT2D eigenvalue weighted by Crippen LogP contribution is 2.14. The predicted octanol–water partition coefficient (Wildman–Crippen LogP) is 3.86. The molecule has 0 fully saturated rings. The Labute approximate surface area is 103 Å². The number of hydrogen-bond acceptors (Lipinski definition) is 1. The molecule has 0 spiro atoms. The fraction of sp³-hybridized carbons (Fsp3) is 0. The summed E-state index contributed by atoms with van der Waals surface area (Å²) in [6, 6.07) is 12.4. The summed E-state index contributed by atoms with van der Waals surface area (Å²) >= 11 is 0. The van der Waals surface area contributed by atoms with E-state index in [-0.39, 0.29) is 0 Å². The number of ketones is 1. The lowest BCUT2D eigenvalue weighted by Gasteiger charge is -1.99. The summed E-state index contributed by atoms with van der Waals surface area (Å²) in [7, 11) is 0. The number of allylic oxidation sites excluding steroid dienone is 1. The molecule has 0 atom stereocenters. The normalized spacial score (nSPS) is 10.8. The van der Waals surface area contributed by atoms with Crippen molar-refractivity contribution in [2.24, 2.45) is 0 Å². The van der Waals surface area contributed by atoms with Crippen LogP contribution in [-0.2, 0) is 0 Å². The van der Waals surface area contributed by atoms with E-state index in [0.717, 1.165) is 23.8 Å². The van der Waals surface area contributed by atoms with Crippen LogP contribution in [0.5, 0.6) is 0 Å². The average Bonchev–Trinajstić information content (AvgIpc) is 2.37. The van der Waals surface area contributed by atoms with E-state index in [2.05, 4.69) is 0 Å². The number of carbonyl (C=O) groups is 1. The summed E-state index contributed by atoms with van der Waals surface area (Å²) < 4.78 is 26.7. The van der Waals surface area contributed by atoms with Gasteiger partial charge in [0.05, 0.1) is 5.56 Å². The summed E-state index contributed by atoms with van der Waals surface area (Å²) in [6.07, 6.45) is 2.69. The van der Waals surface area contributed by atoms with Gasteiger partial charge in [0.1, 0.15) is 11.6 Å². The van der Waals surface area contributed by atoms with Crippen molar-refractivity contribution >= 4 is 11.9 Å². The molecule has 0 saturated carbocycles. The van der Waals surface area contributed by atoms with E-state index >= 15 is 0 Å². The SMILES string of the molecule is O=C(C=Cc1ccccc1)c1c(F)cccc1F. The van der Waals surface area contributed by atoms with Gasteiger partial charge in [0, 0.05) is 0 Å². The van der Waals surface area contributed by atoms with Crippen LogP contribution in [0.15, 0.2) is 54.6 Å². The fourth-order valence-electron chi connectivity index (χ4n) is 1.55. The Morgan fingerprint density at radius 3 is 2.11 bits per heavy atom. The van der Waals surface area contributed by atoms with Crippen molar-refractivity contribution in [2.75, 3.05) is 0 Å². The van der Waals surface area contributed by atoms with Crippen molar-refractivity contribution in [3.8, 4) is 0 Å². The highest BCUT2D eigenvalue weighted by atomic mass is 19.1. The average molecular weight is 244 g/mol. The van der Waals surface area contributed by atoms with E-state index in [1.54, 1.807) is 12.1 Å². The van der Waals surface area contributed by atoms with Gasteiger partial charge in [-0.15, -0.1) is 0 Å². The zero-order chi connectivity index (χ0) is 13.0. The highest BCUT2D eigenvalue weighted by Gasteiger charge is 2.13. The molecule has 2 rings (SSSR count). The zero-order valence-electron chi connectivity index (χ0n) is 9.44. The minimum atomic E-state index is -0.849. The molecule has 2 aromatic carbocycles. The number of halogens is 2. The molecule has 0 heterocycles. The maximum atomic E-state index is 13.3. The Morgan fingerprint density at radius 2 is 1.50 bits per heavy atom. The van der Waals surface area contributed by atoms with Crippen molar-refractivity contribution in [1.29, 1.82) is 0 Å². The molecular weight excluding hydrogens is 234 g/mol. The van der Waals surface area contributed by atoms with Crippen molar-refractivity contribution in [3.05, 3.63) is 77.4 Å². The third kappa shape index (κ3) is 2.69. The Bertz CT molecular complexity index is 568. The van der Waals surface area contributed by atoms with E-state index in [4.69, 9.17) is 0 Å². The Morgan fingerprint density at radius 1 is 0.889 bits per heavy atom. The molecule has 0 aliphatic carbocycles. The highest BCUT2D eigenvalue weighted by molar-refractivity contribution is 6.07. The first kappa shape index (κ1) is 12.2. The second-order valence-electron chi connectivity index (χ2n) is 3.70. The monoisotopic (exact) mass is 244 g/mol. The van der Waals surface area contributed by atoms with E-state index in [0.29, 0.717) is 0 Å². The van der Waals surface area contributed by atoms with Gasteiger partial charge < -0.3 is 0 Å². The molecule has 90 valence electrons. The van der Waals surface area contributed by atoms with Gasteiger partial charge in [0.15, 0.2) is 5.78 Å². The summed E-state index contributed by atoms with van der Waals surface area (Å²) in [5, 5.41) is 0. The topological polar surface area (TPSA) is 17.1 Å². The number of carbonyl (C=O) groups excluding carboxylic acids is 1. The lowest BCUT2D eigenvalue weighted by Crippen LogP contribution is -2.02. The van der Waals surface area contributed by atoms with Gasteiger partial charge in [-0.2, -0.15) is 0 Å². The molecule has 0 bridgehead atoms. The molecule has 0 aromatic heterocycles.